The monoisotopic (exact) mass is 348 g/mol. The van der Waals surface area contributed by atoms with Gasteiger partial charge in [-0.05, 0) is 24.4 Å². The third-order valence-corrected chi connectivity index (χ3v) is 5.30. The largest absolute Gasteiger partial charge is 0.497 e. The second kappa shape index (κ2) is 6.55. The molecule has 0 saturated heterocycles. The second-order valence-corrected chi connectivity index (χ2v) is 6.66. The average molecular weight is 348 g/mol. The third-order valence-electron chi connectivity index (χ3n) is 3.42. The molecule has 0 aliphatic rings. The molecule has 0 radical (unpaired) electrons. The quantitative estimate of drug-likeness (QED) is 0.725. The van der Waals surface area contributed by atoms with Crippen LogP contribution in [0.4, 0.5) is 0 Å². The standard InChI is InChI=1S/C16H16N2O3S2/c1-4-18-14-11(21-3)8-10(20-2)9-13(14)23-16(18)17-15(19)12-6-5-7-22-12/h5-9H,4H2,1-3H3. The molecule has 0 saturated carbocycles. The first-order valence-electron chi connectivity index (χ1n) is 7.05. The van der Waals surface area contributed by atoms with Gasteiger partial charge in [0.2, 0.25) is 0 Å². The Morgan fingerprint density at radius 2 is 2.13 bits per heavy atom. The predicted octanol–water partition coefficient (Wildman–Crippen LogP) is 3.54. The lowest BCUT2D eigenvalue weighted by Crippen LogP contribution is -2.15. The Morgan fingerprint density at radius 3 is 2.74 bits per heavy atom. The number of amides is 1. The molecular formula is C16H16N2O3S2. The highest BCUT2D eigenvalue weighted by molar-refractivity contribution is 7.16. The normalized spacial score (nSPS) is 11.9. The predicted molar refractivity (Wildman–Crippen MR) is 92.8 cm³/mol. The van der Waals surface area contributed by atoms with E-state index in [-0.39, 0.29) is 5.91 Å². The number of methoxy groups -OCH3 is 2. The number of carbonyl (C=O) groups excluding carboxylic acids is 1. The molecule has 0 N–H and O–H groups in total. The minimum atomic E-state index is -0.223. The van der Waals surface area contributed by atoms with Gasteiger partial charge in [0.25, 0.3) is 5.91 Å². The van der Waals surface area contributed by atoms with Crippen molar-refractivity contribution < 1.29 is 14.3 Å². The SMILES string of the molecule is CCn1c(=NC(=O)c2cccs2)sc2cc(OC)cc(OC)c21. The van der Waals surface area contributed by atoms with Crippen molar-refractivity contribution in [2.24, 2.45) is 4.99 Å². The number of aryl methyl sites for hydroxylation is 1. The van der Waals surface area contributed by atoms with Crippen LogP contribution in [0.1, 0.15) is 16.6 Å². The van der Waals surface area contributed by atoms with Crippen molar-refractivity contribution in [3.05, 3.63) is 39.3 Å². The molecule has 23 heavy (non-hydrogen) atoms. The molecule has 3 rings (SSSR count). The molecule has 2 heterocycles. The van der Waals surface area contributed by atoms with E-state index >= 15 is 0 Å². The molecule has 0 aliphatic carbocycles. The molecule has 5 nitrogen and oxygen atoms in total. The topological polar surface area (TPSA) is 52.8 Å². The lowest BCUT2D eigenvalue weighted by Gasteiger charge is -2.08. The van der Waals surface area contributed by atoms with Crippen LogP contribution in [-0.2, 0) is 6.54 Å². The number of nitrogens with zero attached hydrogens (tertiary/aromatic N) is 2. The number of benzene rings is 1. The van der Waals surface area contributed by atoms with Gasteiger partial charge in [-0.2, -0.15) is 4.99 Å². The number of hydrogen-bond donors (Lipinski definition) is 0. The molecule has 0 bridgehead atoms. The van der Waals surface area contributed by atoms with Gasteiger partial charge in [-0.15, -0.1) is 11.3 Å². The van der Waals surface area contributed by atoms with Crippen molar-refractivity contribution in [1.82, 2.24) is 4.57 Å². The van der Waals surface area contributed by atoms with Crippen LogP contribution in [0.3, 0.4) is 0 Å². The summed E-state index contributed by atoms with van der Waals surface area (Å²) in [6.07, 6.45) is 0. The van der Waals surface area contributed by atoms with E-state index in [1.807, 2.05) is 35.1 Å². The van der Waals surface area contributed by atoms with Crippen LogP contribution < -0.4 is 14.3 Å². The fraction of sp³-hybridized carbons (Fsp3) is 0.250. The van der Waals surface area contributed by atoms with Crippen LogP contribution in [0.5, 0.6) is 11.5 Å². The summed E-state index contributed by atoms with van der Waals surface area (Å²) in [5, 5.41) is 1.87. The Kier molecular flexibility index (Phi) is 4.49. The number of thiophene rings is 1. The first-order chi connectivity index (χ1) is 11.2. The molecule has 2 aromatic heterocycles. The van der Waals surface area contributed by atoms with Gasteiger partial charge in [-0.3, -0.25) is 4.79 Å². The van der Waals surface area contributed by atoms with E-state index in [1.165, 1.54) is 22.7 Å². The molecule has 120 valence electrons. The van der Waals surface area contributed by atoms with Crippen LogP contribution in [0, 0.1) is 0 Å². The van der Waals surface area contributed by atoms with E-state index in [2.05, 4.69) is 4.99 Å². The van der Waals surface area contributed by atoms with E-state index in [1.54, 1.807) is 20.3 Å². The second-order valence-electron chi connectivity index (χ2n) is 4.70. The van der Waals surface area contributed by atoms with Gasteiger partial charge >= 0.3 is 0 Å². The van der Waals surface area contributed by atoms with E-state index in [4.69, 9.17) is 9.47 Å². The molecule has 3 aromatic rings. The highest BCUT2D eigenvalue weighted by Gasteiger charge is 2.14. The molecule has 1 amide bonds. The maximum absolute atomic E-state index is 12.3. The zero-order chi connectivity index (χ0) is 16.4. The van der Waals surface area contributed by atoms with Crippen molar-refractivity contribution in [2.75, 3.05) is 14.2 Å². The van der Waals surface area contributed by atoms with E-state index < -0.39 is 0 Å². The number of thiazole rings is 1. The lowest BCUT2D eigenvalue weighted by molar-refractivity contribution is 0.100. The van der Waals surface area contributed by atoms with Gasteiger partial charge in [-0.25, -0.2) is 0 Å². The zero-order valence-electron chi connectivity index (χ0n) is 13.0. The molecular weight excluding hydrogens is 332 g/mol. The summed E-state index contributed by atoms with van der Waals surface area (Å²) in [6.45, 7) is 2.71. The van der Waals surface area contributed by atoms with Gasteiger partial charge < -0.3 is 14.0 Å². The van der Waals surface area contributed by atoms with Crippen LogP contribution in [0.15, 0.2) is 34.6 Å². The van der Waals surface area contributed by atoms with Gasteiger partial charge in [0.1, 0.15) is 17.0 Å². The Morgan fingerprint density at radius 1 is 1.30 bits per heavy atom. The minimum absolute atomic E-state index is 0.223. The average Bonchev–Trinajstić information content (AvgIpc) is 3.21. The van der Waals surface area contributed by atoms with Gasteiger partial charge in [0, 0.05) is 12.6 Å². The maximum atomic E-state index is 12.3. The number of rotatable bonds is 4. The molecule has 0 aliphatic heterocycles. The number of aromatic nitrogens is 1. The van der Waals surface area contributed by atoms with Crippen LogP contribution >= 0.6 is 22.7 Å². The Bertz CT molecular complexity index is 907. The molecule has 1 aromatic carbocycles. The van der Waals surface area contributed by atoms with Crippen molar-refractivity contribution in [3.63, 3.8) is 0 Å². The first-order valence-corrected chi connectivity index (χ1v) is 8.75. The number of hydrogen-bond acceptors (Lipinski definition) is 5. The van der Waals surface area contributed by atoms with Crippen molar-refractivity contribution in [3.8, 4) is 11.5 Å². The zero-order valence-corrected chi connectivity index (χ0v) is 14.7. The molecule has 0 fully saturated rings. The summed E-state index contributed by atoms with van der Waals surface area (Å²) in [5.74, 6) is 1.21. The fourth-order valence-corrected chi connectivity index (χ4v) is 4.09. The summed E-state index contributed by atoms with van der Waals surface area (Å²) in [4.78, 5) is 17.9. The molecule has 0 spiro atoms. The van der Waals surface area contributed by atoms with Crippen molar-refractivity contribution in [1.29, 1.82) is 0 Å². The van der Waals surface area contributed by atoms with E-state index in [0.29, 0.717) is 22.0 Å². The first kappa shape index (κ1) is 15.8. The van der Waals surface area contributed by atoms with E-state index in [0.717, 1.165) is 16.0 Å². The third kappa shape index (κ3) is 2.89. The summed E-state index contributed by atoms with van der Waals surface area (Å²) in [7, 11) is 3.24. The Labute approximate surface area is 141 Å². The van der Waals surface area contributed by atoms with Crippen LogP contribution in [0.25, 0.3) is 10.2 Å². The van der Waals surface area contributed by atoms with Crippen molar-refractivity contribution in [2.45, 2.75) is 13.5 Å². The highest BCUT2D eigenvalue weighted by Crippen LogP contribution is 2.32. The van der Waals surface area contributed by atoms with Gasteiger partial charge in [0.15, 0.2) is 4.80 Å². The van der Waals surface area contributed by atoms with Crippen LogP contribution in [0.2, 0.25) is 0 Å². The van der Waals surface area contributed by atoms with Gasteiger partial charge in [-0.1, -0.05) is 17.4 Å². The summed E-state index contributed by atoms with van der Waals surface area (Å²) < 4.78 is 13.8. The number of ether oxygens (including phenoxy) is 2. The van der Waals surface area contributed by atoms with Gasteiger partial charge in [0.05, 0.1) is 23.8 Å². The molecule has 7 heteroatoms. The fourth-order valence-electron chi connectivity index (χ4n) is 2.34. The summed E-state index contributed by atoms with van der Waals surface area (Å²) in [5.41, 5.74) is 0.929. The lowest BCUT2D eigenvalue weighted by atomic mass is 10.3. The minimum Gasteiger partial charge on any atom is -0.497 e. The molecule has 0 unspecified atom stereocenters. The number of carbonyl (C=O) groups is 1. The Balaban J connectivity index is 2.23. The maximum Gasteiger partial charge on any atom is 0.289 e. The van der Waals surface area contributed by atoms with Crippen LogP contribution in [-0.4, -0.2) is 24.7 Å². The smallest absolute Gasteiger partial charge is 0.289 e. The van der Waals surface area contributed by atoms with E-state index in [9.17, 15) is 4.79 Å². The highest BCUT2D eigenvalue weighted by atomic mass is 32.1. The number of fused-ring (bicyclic) bond motifs is 1. The summed E-state index contributed by atoms with van der Waals surface area (Å²) >= 11 is 2.84. The summed E-state index contributed by atoms with van der Waals surface area (Å²) in [6, 6.07) is 7.40. The molecule has 0 atom stereocenters. The van der Waals surface area contributed by atoms with Crippen molar-refractivity contribution >= 4 is 38.8 Å². The Hall–Kier alpha value is -2.12.